The number of thioether (sulfide) groups is 1. The molecule has 8 nitrogen and oxygen atoms in total. The number of pyridine rings is 1. The Labute approximate surface area is 227 Å². The number of aromatic nitrogens is 2. The van der Waals surface area contributed by atoms with E-state index in [1.807, 2.05) is 24.3 Å². The molecule has 5 heterocycles. The smallest absolute Gasteiger partial charge is 0.267 e. The first-order valence-corrected chi connectivity index (χ1v) is 13.6. The maximum Gasteiger partial charge on any atom is 0.267 e. The molecule has 3 aliphatic heterocycles. The molecule has 1 aromatic carbocycles. The van der Waals surface area contributed by atoms with Gasteiger partial charge in [0.25, 0.3) is 11.5 Å². The van der Waals surface area contributed by atoms with Crippen molar-refractivity contribution in [1.82, 2.24) is 14.3 Å². The standard InChI is InChI=1S/C26H23ClN4O4S2/c27-19-6-2-1-5-17(19)16-31-24(33)20(37-25(31)36)15-18-22(28-21-7-3-4-10-30(21)23(18)32)29-11-8-26(9-12-29)34-13-14-35-26/h1-7,10,15H,8-9,11-14,16H2/b20-15+. The summed E-state index contributed by atoms with van der Waals surface area (Å²) < 4.78 is 13.6. The molecule has 0 bridgehead atoms. The lowest BCUT2D eigenvalue weighted by atomic mass is 10.0. The van der Waals surface area contributed by atoms with Gasteiger partial charge in [0.2, 0.25) is 0 Å². The number of piperidine rings is 1. The Kier molecular flexibility index (Phi) is 6.54. The van der Waals surface area contributed by atoms with Gasteiger partial charge in [-0.1, -0.05) is 59.8 Å². The number of benzene rings is 1. The molecule has 190 valence electrons. The van der Waals surface area contributed by atoms with Crippen LogP contribution in [0.4, 0.5) is 5.82 Å². The van der Waals surface area contributed by atoms with Crippen LogP contribution in [-0.4, -0.2) is 56.6 Å². The summed E-state index contributed by atoms with van der Waals surface area (Å²) in [4.78, 5) is 35.8. The second-order valence-electron chi connectivity index (χ2n) is 9.04. The third kappa shape index (κ3) is 4.57. The molecule has 2 aromatic heterocycles. The predicted octanol–water partition coefficient (Wildman–Crippen LogP) is 4.09. The van der Waals surface area contributed by atoms with Gasteiger partial charge >= 0.3 is 0 Å². The van der Waals surface area contributed by atoms with Gasteiger partial charge in [-0.05, 0) is 29.8 Å². The Morgan fingerprint density at radius 3 is 2.57 bits per heavy atom. The van der Waals surface area contributed by atoms with E-state index in [1.54, 1.807) is 30.5 Å². The Morgan fingerprint density at radius 2 is 1.81 bits per heavy atom. The van der Waals surface area contributed by atoms with Gasteiger partial charge in [-0.3, -0.25) is 18.9 Å². The normalized spacial score (nSPS) is 20.6. The number of amides is 1. The van der Waals surface area contributed by atoms with Crippen molar-refractivity contribution in [2.75, 3.05) is 31.2 Å². The summed E-state index contributed by atoms with van der Waals surface area (Å²) in [6.45, 7) is 2.68. The molecule has 3 aromatic rings. The number of carbonyl (C=O) groups is 1. The number of thiocarbonyl (C=S) groups is 1. The Hall–Kier alpha value is -2.76. The maximum absolute atomic E-state index is 13.7. The fourth-order valence-corrected chi connectivity index (χ4v) is 6.30. The number of hydrogen-bond donors (Lipinski definition) is 0. The number of carbonyl (C=O) groups excluding carboxylic acids is 1. The number of nitrogens with zero attached hydrogens (tertiary/aromatic N) is 4. The molecule has 11 heteroatoms. The van der Waals surface area contributed by atoms with E-state index in [2.05, 4.69) is 4.90 Å². The van der Waals surface area contributed by atoms with Crippen LogP contribution in [0.25, 0.3) is 11.7 Å². The zero-order chi connectivity index (χ0) is 25.6. The van der Waals surface area contributed by atoms with Crippen LogP contribution in [0.5, 0.6) is 0 Å². The molecular weight excluding hydrogens is 532 g/mol. The first-order valence-electron chi connectivity index (χ1n) is 12.0. The Morgan fingerprint density at radius 1 is 1.08 bits per heavy atom. The number of fused-ring (bicyclic) bond motifs is 1. The molecule has 1 spiro atoms. The van der Waals surface area contributed by atoms with E-state index in [4.69, 9.17) is 38.3 Å². The topological polar surface area (TPSA) is 76.4 Å². The van der Waals surface area contributed by atoms with Crippen molar-refractivity contribution in [3.05, 3.63) is 80.1 Å². The van der Waals surface area contributed by atoms with Crippen molar-refractivity contribution in [2.24, 2.45) is 0 Å². The fraction of sp³-hybridized carbons (Fsp3) is 0.308. The van der Waals surface area contributed by atoms with Gasteiger partial charge < -0.3 is 14.4 Å². The first-order chi connectivity index (χ1) is 17.9. The van der Waals surface area contributed by atoms with Crippen LogP contribution in [0.15, 0.2) is 58.4 Å². The van der Waals surface area contributed by atoms with E-state index in [0.29, 0.717) is 70.4 Å². The van der Waals surface area contributed by atoms with E-state index in [0.717, 1.165) is 5.56 Å². The second kappa shape index (κ2) is 9.85. The van der Waals surface area contributed by atoms with Crippen molar-refractivity contribution >= 4 is 63.3 Å². The minimum Gasteiger partial charge on any atom is -0.355 e. The van der Waals surface area contributed by atoms with Crippen LogP contribution in [0.2, 0.25) is 5.02 Å². The van der Waals surface area contributed by atoms with Crippen molar-refractivity contribution in [2.45, 2.75) is 25.2 Å². The summed E-state index contributed by atoms with van der Waals surface area (Å²) in [7, 11) is 0. The van der Waals surface area contributed by atoms with Crippen LogP contribution >= 0.6 is 35.6 Å². The SMILES string of the molecule is O=C1/C(=C\c2c(N3CCC4(CC3)OCCO4)nc3ccccn3c2=O)SC(=S)N1Cc1ccccc1Cl. The largest absolute Gasteiger partial charge is 0.355 e. The molecule has 0 N–H and O–H groups in total. The lowest BCUT2D eigenvalue weighted by Gasteiger charge is -2.38. The summed E-state index contributed by atoms with van der Waals surface area (Å²) in [6, 6.07) is 12.8. The molecule has 0 aliphatic carbocycles. The zero-order valence-electron chi connectivity index (χ0n) is 19.8. The lowest BCUT2D eigenvalue weighted by molar-refractivity contribution is -0.169. The maximum atomic E-state index is 13.7. The van der Waals surface area contributed by atoms with Crippen LogP contribution in [0, 0.1) is 0 Å². The summed E-state index contributed by atoms with van der Waals surface area (Å²) in [5.74, 6) is -0.270. The van der Waals surface area contributed by atoms with E-state index in [-0.39, 0.29) is 18.0 Å². The van der Waals surface area contributed by atoms with Crippen LogP contribution < -0.4 is 10.5 Å². The molecule has 0 saturated carbocycles. The van der Waals surface area contributed by atoms with Gasteiger partial charge in [-0.2, -0.15) is 0 Å². The third-order valence-electron chi connectivity index (χ3n) is 6.82. The van der Waals surface area contributed by atoms with Crippen molar-refractivity contribution in [1.29, 1.82) is 0 Å². The van der Waals surface area contributed by atoms with Crippen molar-refractivity contribution < 1.29 is 14.3 Å². The monoisotopic (exact) mass is 554 g/mol. The van der Waals surface area contributed by atoms with Gasteiger partial charge in [0.1, 0.15) is 15.8 Å². The van der Waals surface area contributed by atoms with E-state index >= 15 is 0 Å². The molecule has 0 radical (unpaired) electrons. The van der Waals surface area contributed by atoms with Crippen LogP contribution in [0.1, 0.15) is 24.0 Å². The minimum atomic E-state index is -0.552. The number of rotatable bonds is 4. The highest BCUT2D eigenvalue weighted by atomic mass is 35.5. The van der Waals surface area contributed by atoms with Gasteiger partial charge in [0.05, 0.1) is 30.2 Å². The molecule has 0 unspecified atom stereocenters. The second-order valence-corrected chi connectivity index (χ2v) is 11.1. The fourth-order valence-electron chi connectivity index (χ4n) is 4.87. The quantitative estimate of drug-likeness (QED) is 0.352. The highest BCUT2D eigenvalue weighted by molar-refractivity contribution is 8.26. The molecule has 3 fully saturated rings. The minimum absolute atomic E-state index is 0.245. The van der Waals surface area contributed by atoms with Crippen molar-refractivity contribution in [3.63, 3.8) is 0 Å². The first kappa shape index (κ1) is 24.6. The highest BCUT2D eigenvalue weighted by Crippen LogP contribution is 2.37. The molecule has 6 rings (SSSR count). The summed E-state index contributed by atoms with van der Waals surface area (Å²) in [5.41, 5.74) is 1.45. The van der Waals surface area contributed by atoms with Gasteiger partial charge in [0.15, 0.2) is 5.79 Å². The summed E-state index contributed by atoms with van der Waals surface area (Å²) >= 11 is 13.0. The van der Waals surface area contributed by atoms with Gasteiger partial charge in [-0.25, -0.2) is 4.98 Å². The molecule has 1 amide bonds. The van der Waals surface area contributed by atoms with Crippen LogP contribution in [-0.2, 0) is 20.8 Å². The summed E-state index contributed by atoms with van der Waals surface area (Å²) in [5, 5.41) is 0.567. The molecule has 3 saturated heterocycles. The van der Waals surface area contributed by atoms with E-state index in [1.165, 1.54) is 21.1 Å². The average molecular weight is 555 g/mol. The molecule has 0 atom stereocenters. The zero-order valence-corrected chi connectivity index (χ0v) is 22.2. The predicted molar refractivity (Wildman–Crippen MR) is 148 cm³/mol. The van der Waals surface area contributed by atoms with E-state index < -0.39 is 5.79 Å². The molecule has 37 heavy (non-hydrogen) atoms. The lowest BCUT2D eigenvalue weighted by Crippen LogP contribution is -2.46. The number of hydrogen-bond acceptors (Lipinski definition) is 8. The highest BCUT2D eigenvalue weighted by Gasteiger charge is 2.41. The van der Waals surface area contributed by atoms with Gasteiger partial charge in [0, 0.05) is 37.2 Å². The number of ether oxygens (including phenoxy) is 2. The third-order valence-corrected chi connectivity index (χ3v) is 8.57. The Bertz CT molecular complexity index is 1490. The van der Waals surface area contributed by atoms with E-state index in [9.17, 15) is 9.59 Å². The molecular formula is C26H23ClN4O4S2. The van der Waals surface area contributed by atoms with Gasteiger partial charge in [-0.15, -0.1) is 0 Å². The summed E-state index contributed by atoms with van der Waals surface area (Å²) in [6.07, 6.45) is 4.65. The Balaban J connectivity index is 1.36. The number of anilines is 1. The van der Waals surface area contributed by atoms with Crippen molar-refractivity contribution in [3.8, 4) is 0 Å². The average Bonchev–Trinajstić information content (AvgIpc) is 3.47. The van der Waals surface area contributed by atoms with Crippen LogP contribution in [0.3, 0.4) is 0 Å². The number of halogens is 1. The molecule has 3 aliphatic rings.